The van der Waals surface area contributed by atoms with E-state index in [1.54, 1.807) is 12.5 Å². The monoisotopic (exact) mass is 442 g/mol. The van der Waals surface area contributed by atoms with Gasteiger partial charge in [0.1, 0.15) is 6.10 Å². The minimum Gasteiger partial charge on any atom is -0.462 e. The number of carbonyl (C=O) groups excluding carboxylic acids is 1. The molecule has 3 saturated carbocycles. The van der Waals surface area contributed by atoms with Gasteiger partial charge in [-0.2, -0.15) is 0 Å². The number of rotatable bonds is 6. The van der Waals surface area contributed by atoms with E-state index in [1.807, 2.05) is 0 Å². The molecule has 0 radical (unpaired) electrons. The minimum absolute atomic E-state index is 0.113. The maximum absolute atomic E-state index is 11.5. The van der Waals surface area contributed by atoms with Gasteiger partial charge >= 0.3 is 5.97 Å². The van der Waals surface area contributed by atoms with Crippen molar-refractivity contribution in [1.29, 1.82) is 0 Å². The summed E-state index contributed by atoms with van der Waals surface area (Å²) in [6, 6.07) is 0. The molecule has 0 spiro atoms. The van der Waals surface area contributed by atoms with E-state index in [4.69, 9.17) is 4.74 Å². The minimum atomic E-state index is -0.116. The second-order valence-electron chi connectivity index (χ2n) is 13.2. The van der Waals surface area contributed by atoms with Crippen LogP contribution in [0.1, 0.15) is 113 Å². The predicted molar refractivity (Wildman–Crippen MR) is 133 cm³/mol. The summed E-state index contributed by atoms with van der Waals surface area (Å²) in [5.74, 6) is 5.96. The van der Waals surface area contributed by atoms with Crippen LogP contribution in [0.15, 0.2) is 11.6 Å². The summed E-state index contributed by atoms with van der Waals surface area (Å²) in [7, 11) is 0. The van der Waals surface area contributed by atoms with E-state index in [9.17, 15) is 4.79 Å². The Morgan fingerprint density at radius 1 is 1.03 bits per heavy atom. The molecule has 182 valence electrons. The van der Waals surface area contributed by atoms with Crippen molar-refractivity contribution < 1.29 is 9.53 Å². The van der Waals surface area contributed by atoms with Crippen molar-refractivity contribution in [2.45, 2.75) is 119 Å². The highest BCUT2D eigenvalue weighted by molar-refractivity contribution is 5.66. The Morgan fingerprint density at radius 3 is 2.47 bits per heavy atom. The third kappa shape index (κ3) is 4.22. The number of hydrogen-bond donors (Lipinski definition) is 0. The highest BCUT2D eigenvalue weighted by Gasteiger charge is 2.59. The van der Waals surface area contributed by atoms with Crippen LogP contribution in [0, 0.1) is 52.3 Å². The largest absolute Gasteiger partial charge is 0.462 e. The van der Waals surface area contributed by atoms with Crippen molar-refractivity contribution in [3.8, 4) is 0 Å². The van der Waals surface area contributed by atoms with Gasteiger partial charge in [-0.15, -0.1) is 0 Å². The first-order chi connectivity index (χ1) is 15.1. The van der Waals surface area contributed by atoms with Crippen LogP contribution in [0.2, 0.25) is 0 Å². The molecule has 4 rings (SSSR count). The van der Waals surface area contributed by atoms with Gasteiger partial charge in [0.05, 0.1) is 0 Å². The van der Waals surface area contributed by atoms with Crippen LogP contribution in [-0.2, 0) is 9.53 Å². The van der Waals surface area contributed by atoms with Gasteiger partial charge in [-0.3, -0.25) is 4.79 Å². The van der Waals surface area contributed by atoms with Gasteiger partial charge < -0.3 is 4.74 Å². The van der Waals surface area contributed by atoms with Gasteiger partial charge in [-0.05, 0) is 97.2 Å². The predicted octanol–water partition coefficient (Wildman–Crippen LogP) is 8.21. The molecule has 0 N–H and O–H groups in total. The number of allylic oxidation sites excluding steroid dienone is 1. The van der Waals surface area contributed by atoms with E-state index in [0.29, 0.717) is 10.8 Å². The summed E-state index contributed by atoms with van der Waals surface area (Å²) in [4.78, 5) is 11.5. The molecule has 0 aromatic heterocycles. The van der Waals surface area contributed by atoms with E-state index >= 15 is 0 Å². The molecule has 32 heavy (non-hydrogen) atoms. The topological polar surface area (TPSA) is 26.3 Å². The molecule has 0 bridgehead atoms. The van der Waals surface area contributed by atoms with Crippen LogP contribution >= 0.6 is 0 Å². The molecule has 0 aromatic rings. The first-order valence-electron chi connectivity index (χ1n) is 13.9. The molecule has 2 nitrogen and oxygen atoms in total. The molecule has 2 heteroatoms. The lowest BCUT2D eigenvalue weighted by Crippen LogP contribution is -2.51. The molecule has 9 atom stereocenters. The Labute approximate surface area is 198 Å². The normalized spacial score (nSPS) is 43.0. The van der Waals surface area contributed by atoms with Crippen LogP contribution < -0.4 is 0 Å². The number of ether oxygens (including phenoxy) is 1. The molecule has 4 aliphatic carbocycles. The number of fused-ring (bicyclic) bond motifs is 5. The number of esters is 1. The van der Waals surface area contributed by atoms with E-state index in [-0.39, 0.29) is 12.1 Å². The fourth-order valence-corrected chi connectivity index (χ4v) is 9.00. The Morgan fingerprint density at radius 2 is 1.78 bits per heavy atom. The van der Waals surface area contributed by atoms with Crippen LogP contribution in [0.3, 0.4) is 0 Å². The van der Waals surface area contributed by atoms with E-state index in [0.717, 1.165) is 54.3 Å². The molecular formula is C30H50O2. The van der Waals surface area contributed by atoms with Crippen molar-refractivity contribution >= 4 is 5.97 Å². The molecule has 0 saturated heterocycles. The Bertz CT molecular complexity index is 722. The molecule has 0 unspecified atom stereocenters. The lowest BCUT2D eigenvalue weighted by molar-refractivity contribution is -0.148. The molecule has 0 aliphatic heterocycles. The van der Waals surface area contributed by atoms with Gasteiger partial charge in [0.2, 0.25) is 0 Å². The highest BCUT2D eigenvalue weighted by Crippen LogP contribution is 2.67. The second-order valence-corrected chi connectivity index (χ2v) is 13.2. The van der Waals surface area contributed by atoms with Crippen molar-refractivity contribution in [1.82, 2.24) is 0 Å². The molecule has 4 aliphatic rings. The van der Waals surface area contributed by atoms with Crippen LogP contribution in [0.5, 0.6) is 0 Å². The van der Waals surface area contributed by atoms with Crippen molar-refractivity contribution in [3.05, 3.63) is 11.6 Å². The zero-order chi connectivity index (χ0) is 23.3. The molecule has 0 aromatic carbocycles. The molecule has 0 amide bonds. The Balaban J connectivity index is 1.46. The third-order valence-corrected chi connectivity index (χ3v) is 11.4. The molecule has 3 fully saturated rings. The summed E-state index contributed by atoms with van der Waals surface area (Å²) < 4.78 is 5.62. The fraction of sp³-hybridized carbons (Fsp3) is 0.900. The van der Waals surface area contributed by atoms with Crippen molar-refractivity contribution in [3.63, 3.8) is 0 Å². The average molecular weight is 443 g/mol. The SMILES string of the molecule is CC(=O)O[C@H]1CC[C@@]2(C)C(=CC[C@@H]3[C@H]4CC[C@H]([C@H](C)CC[C@@H](C)C(C)C)[C@@]4(C)CC[C@H]32)C1. The summed E-state index contributed by atoms with van der Waals surface area (Å²) in [5.41, 5.74) is 2.51. The molecular weight excluding hydrogens is 392 g/mol. The number of carbonyl (C=O) groups is 1. The van der Waals surface area contributed by atoms with Gasteiger partial charge in [-0.1, -0.05) is 66.0 Å². The van der Waals surface area contributed by atoms with E-state index < -0.39 is 0 Å². The smallest absolute Gasteiger partial charge is 0.302 e. The third-order valence-electron chi connectivity index (χ3n) is 11.4. The fourth-order valence-electron chi connectivity index (χ4n) is 9.00. The van der Waals surface area contributed by atoms with Crippen molar-refractivity contribution in [2.24, 2.45) is 52.3 Å². The summed E-state index contributed by atoms with van der Waals surface area (Å²) in [6.45, 7) is 16.6. The lowest BCUT2D eigenvalue weighted by atomic mass is 9.47. The van der Waals surface area contributed by atoms with Crippen molar-refractivity contribution in [2.75, 3.05) is 0 Å². The zero-order valence-electron chi connectivity index (χ0n) is 22.1. The summed E-state index contributed by atoms with van der Waals surface area (Å²) in [6.07, 6.45) is 15.8. The lowest BCUT2D eigenvalue weighted by Gasteiger charge is -2.58. The standard InChI is InChI=1S/C30H50O2/c1-19(2)20(3)8-9-21(4)26-12-13-27-25-11-10-23-18-24(32-22(5)31)14-16-29(23,6)28(25)15-17-30(26,27)7/h10,19-21,24-28H,8-9,11-18H2,1-7H3/t20-,21-,24+,25-,26-,27-,28-,29+,30-/m1/s1. The summed E-state index contributed by atoms with van der Waals surface area (Å²) in [5, 5.41) is 0. The Kier molecular flexibility index (Phi) is 6.92. The van der Waals surface area contributed by atoms with E-state index in [1.165, 1.54) is 51.4 Å². The Hall–Kier alpha value is -0.790. The van der Waals surface area contributed by atoms with Gasteiger partial charge in [0, 0.05) is 13.3 Å². The maximum Gasteiger partial charge on any atom is 0.302 e. The quantitative estimate of drug-likeness (QED) is 0.306. The van der Waals surface area contributed by atoms with E-state index in [2.05, 4.69) is 47.6 Å². The molecule has 0 heterocycles. The van der Waals surface area contributed by atoms with Crippen LogP contribution in [-0.4, -0.2) is 12.1 Å². The van der Waals surface area contributed by atoms with Crippen LogP contribution in [0.4, 0.5) is 0 Å². The van der Waals surface area contributed by atoms with Gasteiger partial charge in [0.15, 0.2) is 0 Å². The maximum atomic E-state index is 11.5. The van der Waals surface area contributed by atoms with Gasteiger partial charge in [-0.25, -0.2) is 0 Å². The first-order valence-corrected chi connectivity index (χ1v) is 13.9. The van der Waals surface area contributed by atoms with Crippen LogP contribution in [0.25, 0.3) is 0 Å². The summed E-state index contributed by atoms with van der Waals surface area (Å²) >= 11 is 0. The zero-order valence-corrected chi connectivity index (χ0v) is 22.1. The highest BCUT2D eigenvalue weighted by atomic mass is 16.5. The number of hydrogen-bond acceptors (Lipinski definition) is 2. The second kappa shape index (κ2) is 9.10. The van der Waals surface area contributed by atoms with Gasteiger partial charge in [0.25, 0.3) is 0 Å². The average Bonchev–Trinajstić information content (AvgIpc) is 3.08. The first kappa shape index (κ1) is 24.3.